The van der Waals surface area contributed by atoms with E-state index in [1.165, 1.54) is 0 Å². The van der Waals surface area contributed by atoms with Crippen molar-refractivity contribution in [2.75, 3.05) is 30.4 Å². The first-order valence-corrected chi connectivity index (χ1v) is 9.16. The number of aromatic nitrogens is 1. The second-order valence-electron chi connectivity index (χ2n) is 5.74. The van der Waals surface area contributed by atoms with E-state index < -0.39 is 0 Å². The lowest BCUT2D eigenvalue weighted by molar-refractivity contribution is -0.118. The van der Waals surface area contributed by atoms with Crippen LogP contribution in [-0.2, 0) is 9.53 Å². The molecular weight excluding hydrogens is 322 g/mol. The summed E-state index contributed by atoms with van der Waals surface area (Å²) in [5, 5.41) is 9.15. The van der Waals surface area contributed by atoms with E-state index in [9.17, 15) is 4.79 Å². The Kier molecular flexibility index (Phi) is 7.21. The summed E-state index contributed by atoms with van der Waals surface area (Å²) in [6, 6.07) is 7.77. The molecule has 1 amide bonds. The summed E-state index contributed by atoms with van der Waals surface area (Å²) in [5.74, 6) is -0.00507. The lowest BCUT2D eigenvalue weighted by Gasteiger charge is -2.08. The fourth-order valence-corrected chi connectivity index (χ4v) is 2.76. The van der Waals surface area contributed by atoms with E-state index in [0.29, 0.717) is 0 Å². The number of hydrogen-bond donors (Lipinski definition) is 2. The number of carbonyl (C=O) groups is 1. The number of hydrogen-bond acceptors (Lipinski definition) is 5. The third-order valence-corrected chi connectivity index (χ3v) is 4.22. The van der Waals surface area contributed by atoms with E-state index in [2.05, 4.69) is 15.6 Å². The Morgan fingerprint density at radius 1 is 1.29 bits per heavy atom. The van der Waals surface area contributed by atoms with Crippen LogP contribution in [0.25, 0.3) is 11.3 Å². The molecule has 1 heterocycles. The first-order valence-electron chi connectivity index (χ1n) is 8.28. The number of rotatable bonds is 9. The molecule has 0 aliphatic heterocycles. The van der Waals surface area contributed by atoms with Crippen molar-refractivity contribution >= 4 is 28.1 Å². The molecule has 0 spiro atoms. The van der Waals surface area contributed by atoms with Crippen LogP contribution in [0.3, 0.4) is 0 Å². The van der Waals surface area contributed by atoms with Crippen LogP contribution in [0.5, 0.6) is 0 Å². The molecule has 0 unspecified atom stereocenters. The largest absolute Gasteiger partial charge is 0.382 e. The summed E-state index contributed by atoms with van der Waals surface area (Å²) in [5.41, 5.74) is 2.78. The third kappa shape index (κ3) is 5.62. The molecule has 0 atom stereocenters. The minimum atomic E-state index is -0.0282. The summed E-state index contributed by atoms with van der Waals surface area (Å²) in [6.07, 6.45) is 0.965. The summed E-state index contributed by atoms with van der Waals surface area (Å²) in [6.45, 7) is 8.14. The lowest BCUT2D eigenvalue weighted by atomic mass is 10.1. The molecule has 0 bridgehead atoms. The zero-order valence-corrected chi connectivity index (χ0v) is 15.3. The van der Waals surface area contributed by atoms with Gasteiger partial charge in [-0.15, -0.1) is 11.3 Å². The number of thiazole rings is 1. The van der Waals surface area contributed by atoms with Crippen LogP contribution in [0.4, 0.5) is 10.8 Å². The Labute approximate surface area is 147 Å². The number of amides is 1. The second-order valence-corrected chi connectivity index (χ2v) is 6.59. The van der Waals surface area contributed by atoms with E-state index in [0.717, 1.165) is 48.3 Å². The average Bonchev–Trinajstić information content (AvgIpc) is 3.04. The van der Waals surface area contributed by atoms with Gasteiger partial charge in [-0.25, -0.2) is 4.98 Å². The number of carbonyl (C=O) groups excluding carboxylic acids is 1. The quantitative estimate of drug-likeness (QED) is 0.666. The van der Waals surface area contributed by atoms with Gasteiger partial charge in [0.1, 0.15) is 0 Å². The Bertz CT molecular complexity index is 638. The van der Waals surface area contributed by atoms with Crippen molar-refractivity contribution < 1.29 is 9.53 Å². The van der Waals surface area contributed by atoms with E-state index in [1.54, 1.807) is 11.3 Å². The van der Waals surface area contributed by atoms with E-state index in [-0.39, 0.29) is 11.8 Å². The summed E-state index contributed by atoms with van der Waals surface area (Å²) < 4.78 is 5.31. The highest BCUT2D eigenvalue weighted by molar-refractivity contribution is 7.14. The van der Waals surface area contributed by atoms with Crippen molar-refractivity contribution in [3.63, 3.8) is 0 Å². The van der Waals surface area contributed by atoms with Crippen LogP contribution in [0, 0.1) is 5.92 Å². The molecule has 2 aromatic rings. The predicted octanol–water partition coefficient (Wildman–Crippen LogP) is 4.24. The smallest absolute Gasteiger partial charge is 0.226 e. The lowest BCUT2D eigenvalue weighted by Crippen LogP contribution is -2.17. The molecule has 0 aliphatic carbocycles. The standard InChI is InChI=1S/C18H25N3O2S/c1-4-23-11-5-10-19-18-21-16(12-24-18)14-6-8-15(9-7-14)20-17(22)13(2)3/h6-9,12-13H,4-5,10-11H2,1-3H3,(H,19,21)(H,20,22). The molecule has 1 aromatic carbocycles. The molecule has 2 rings (SSSR count). The Hall–Kier alpha value is -1.92. The SMILES string of the molecule is CCOCCCNc1nc(-c2ccc(NC(=O)C(C)C)cc2)cs1. The van der Waals surface area contributed by atoms with Gasteiger partial charge in [0.05, 0.1) is 5.69 Å². The molecule has 130 valence electrons. The van der Waals surface area contributed by atoms with Gasteiger partial charge in [0.2, 0.25) is 5.91 Å². The fraction of sp³-hybridized carbons (Fsp3) is 0.444. The predicted molar refractivity (Wildman–Crippen MR) is 101 cm³/mol. The van der Waals surface area contributed by atoms with Gasteiger partial charge in [-0.3, -0.25) is 4.79 Å². The van der Waals surface area contributed by atoms with Gasteiger partial charge in [-0.2, -0.15) is 0 Å². The molecule has 2 N–H and O–H groups in total. The zero-order valence-electron chi connectivity index (χ0n) is 14.5. The first-order chi connectivity index (χ1) is 11.6. The van der Waals surface area contributed by atoms with Crippen molar-refractivity contribution in [3.05, 3.63) is 29.6 Å². The molecule has 0 saturated heterocycles. The molecule has 1 aromatic heterocycles. The molecule has 6 heteroatoms. The second kappa shape index (κ2) is 9.39. The number of ether oxygens (including phenoxy) is 1. The van der Waals surface area contributed by atoms with Crippen molar-refractivity contribution in [1.82, 2.24) is 4.98 Å². The fourth-order valence-electron chi connectivity index (χ4n) is 2.01. The Morgan fingerprint density at radius 2 is 2.04 bits per heavy atom. The van der Waals surface area contributed by atoms with Gasteiger partial charge in [0.15, 0.2) is 5.13 Å². The number of anilines is 2. The number of nitrogens with zero attached hydrogens (tertiary/aromatic N) is 1. The van der Waals surface area contributed by atoms with Gasteiger partial charge in [0.25, 0.3) is 0 Å². The molecular formula is C18H25N3O2S. The van der Waals surface area contributed by atoms with Crippen LogP contribution in [0.2, 0.25) is 0 Å². The Balaban J connectivity index is 1.89. The van der Waals surface area contributed by atoms with Crippen molar-refractivity contribution in [2.24, 2.45) is 5.92 Å². The van der Waals surface area contributed by atoms with E-state index >= 15 is 0 Å². The third-order valence-electron chi connectivity index (χ3n) is 3.42. The monoisotopic (exact) mass is 347 g/mol. The van der Waals surface area contributed by atoms with Crippen LogP contribution in [0.15, 0.2) is 29.6 Å². The molecule has 5 nitrogen and oxygen atoms in total. The molecule has 0 aliphatic rings. The highest BCUT2D eigenvalue weighted by Gasteiger charge is 2.08. The summed E-state index contributed by atoms with van der Waals surface area (Å²) >= 11 is 1.59. The maximum atomic E-state index is 11.7. The highest BCUT2D eigenvalue weighted by Crippen LogP contribution is 2.26. The van der Waals surface area contributed by atoms with Gasteiger partial charge in [0, 0.05) is 42.3 Å². The minimum Gasteiger partial charge on any atom is -0.382 e. The van der Waals surface area contributed by atoms with Crippen LogP contribution >= 0.6 is 11.3 Å². The zero-order chi connectivity index (χ0) is 17.4. The van der Waals surface area contributed by atoms with Crippen LogP contribution in [0.1, 0.15) is 27.2 Å². The number of benzene rings is 1. The molecule has 0 saturated carbocycles. The topological polar surface area (TPSA) is 63.2 Å². The van der Waals surface area contributed by atoms with Crippen molar-refractivity contribution in [1.29, 1.82) is 0 Å². The van der Waals surface area contributed by atoms with E-state index in [4.69, 9.17) is 4.74 Å². The normalized spacial score (nSPS) is 10.8. The van der Waals surface area contributed by atoms with Crippen molar-refractivity contribution in [3.8, 4) is 11.3 Å². The summed E-state index contributed by atoms with van der Waals surface area (Å²) in [7, 11) is 0. The van der Waals surface area contributed by atoms with Gasteiger partial charge in [-0.1, -0.05) is 26.0 Å². The molecule has 0 radical (unpaired) electrons. The average molecular weight is 347 g/mol. The molecule has 0 fully saturated rings. The van der Waals surface area contributed by atoms with E-state index in [1.807, 2.05) is 50.4 Å². The first kappa shape index (κ1) is 18.4. The highest BCUT2D eigenvalue weighted by atomic mass is 32.1. The Morgan fingerprint density at radius 3 is 2.71 bits per heavy atom. The number of nitrogens with one attached hydrogen (secondary N) is 2. The molecule has 24 heavy (non-hydrogen) atoms. The van der Waals surface area contributed by atoms with Gasteiger partial charge < -0.3 is 15.4 Å². The maximum absolute atomic E-state index is 11.7. The van der Waals surface area contributed by atoms with Crippen LogP contribution in [-0.4, -0.2) is 30.6 Å². The summed E-state index contributed by atoms with van der Waals surface area (Å²) in [4.78, 5) is 16.3. The van der Waals surface area contributed by atoms with Gasteiger partial charge >= 0.3 is 0 Å². The minimum absolute atomic E-state index is 0.0231. The van der Waals surface area contributed by atoms with Crippen LogP contribution < -0.4 is 10.6 Å². The maximum Gasteiger partial charge on any atom is 0.226 e. The van der Waals surface area contributed by atoms with Gasteiger partial charge in [-0.05, 0) is 25.5 Å². The van der Waals surface area contributed by atoms with Crippen molar-refractivity contribution in [2.45, 2.75) is 27.2 Å².